The van der Waals surface area contributed by atoms with E-state index in [0.29, 0.717) is 6.54 Å². The van der Waals surface area contributed by atoms with Crippen molar-refractivity contribution in [2.45, 2.75) is 32.7 Å². The smallest absolute Gasteiger partial charge is 0.229 e. The Bertz CT molecular complexity index is 216. The summed E-state index contributed by atoms with van der Waals surface area (Å²) in [6.07, 6.45) is 1.89. The third-order valence-corrected chi connectivity index (χ3v) is 2.94. The summed E-state index contributed by atoms with van der Waals surface area (Å²) in [6, 6.07) is 0.00771. The molecule has 0 aliphatic carbocycles. The van der Waals surface area contributed by atoms with Gasteiger partial charge < -0.3 is 15.7 Å². The molecule has 0 aromatic heterocycles. The lowest BCUT2D eigenvalue weighted by atomic mass is 9.91. The van der Waals surface area contributed by atoms with Gasteiger partial charge in [-0.15, -0.1) is 0 Å². The Kier molecular flexibility index (Phi) is 3.50. The van der Waals surface area contributed by atoms with Crippen molar-refractivity contribution < 1.29 is 9.90 Å². The number of hydrogen-bond donors (Lipinski definition) is 2. The monoisotopic (exact) mass is 200 g/mol. The third-order valence-electron chi connectivity index (χ3n) is 2.94. The zero-order valence-electron chi connectivity index (χ0n) is 8.99. The number of nitrogens with zero attached hydrogens (tertiary/aromatic N) is 1. The summed E-state index contributed by atoms with van der Waals surface area (Å²) in [5, 5.41) is 9.10. The summed E-state index contributed by atoms with van der Waals surface area (Å²) in [6.45, 7) is 4.87. The van der Waals surface area contributed by atoms with Crippen molar-refractivity contribution in [1.82, 2.24) is 4.90 Å². The molecular formula is C10H20N2O2. The summed E-state index contributed by atoms with van der Waals surface area (Å²) in [5.74, 6) is 0.0663. The highest BCUT2D eigenvalue weighted by molar-refractivity contribution is 5.82. The average molecular weight is 200 g/mol. The molecule has 0 unspecified atom stereocenters. The highest BCUT2D eigenvalue weighted by Crippen LogP contribution is 2.24. The van der Waals surface area contributed by atoms with E-state index in [-0.39, 0.29) is 18.6 Å². The summed E-state index contributed by atoms with van der Waals surface area (Å²) in [7, 11) is 0. The predicted molar refractivity (Wildman–Crippen MR) is 54.7 cm³/mol. The Balaban J connectivity index is 2.69. The van der Waals surface area contributed by atoms with Gasteiger partial charge in [-0.25, -0.2) is 0 Å². The fraction of sp³-hybridized carbons (Fsp3) is 0.900. The minimum Gasteiger partial charge on any atom is -0.394 e. The molecule has 1 aliphatic heterocycles. The van der Waals surface area contributed by atoms with Crippen molar-refractivity contribution in [2.75, 3.05) is 19.7 Å². The molecule has 14 heavy (non-hydrogen) atoms. The molecule has 0 radical (unpaired) electrons. The van der Waals surface area contributed by atoms with Gasteiger partial charge in [0.15, 0.2) is 0 Å². The van der Waals surface area contributed by atoms with E-state index in [4.69, 9.17) is 10.8 Å². The molecule has 0 bridgehead atoms. The van der Waals surface area contributed by atoms with Crippen LogP contribution in [0, 0.1) is 5.41 Å². The fourth-order valence-corrected chi connectivity index (χ4v) is 1.77. The molecule has 82 valence electrons. The number of amides is 1. The lowest BCUT2D eigenvalue weighted by molar-refractivity contribution is -0.141. The van der Waals surface area contributed by atoms with Crippen LogP contribution in [-0.4, -0.2) is 41.7 Å². The van der Waals surface area contributed by atoms with E-state index in [1.54, 1.807) is 4.90 Å². The van der Waals surface area contributed by atoms with Gasteiger partial charge in [0.2, 0.25) is 5.91 Å². The first-order valence-corrected chi connectivity index (χ1v) is 5.15. The SMILES string of the molecule is CC(C)(CN)C(=O)N1CCC[C@@H]1CO. The van der Waals surface area contributed by atoms with Gasteiger partial charge in [0, 0.05) is 13.1 Å². The van der Waals surface area contributed by atoms with Crippen molar-refractivity contribution in [1.29, 1.82) is 0 Å². The molecule has 4 nitrogen and oxygen atoms in total. The number of hydrogen-bond acceptors (Lipinski definition) is 3. The molecule has 0 aromatic rings. The number of likely N-dealkylation sites (tertiary alicyclic amines) is 1. The highest BCUT2D eigenvalue weighted by atomic mass is 16.3. The van der Waals surface area contributed by atoms with Gasteiger partial charge in [0.1, 0.15) is 0 Å². The molecule has 1 aliphatic rings. The summed E-state index contributed by atoms with van der Waals surface area (Å²) >= 11 is 0. The molecule has 1 rings (SSSR count). The summed E-state index contributed by atoms with van der Waals surface area (Å²) < 4.78 is 0. The van der Waals surface area contributed by atoms with Gasteiger partial charge in [-0.05, 0) is 26.7 Å². The lowest BCUT2D eigenvalue weighted by Crippen LogP contribution is -2.47. The molecule has 1 amide bonds. The number of nitrogens with two attached hydrogens (primary N) is 1. The lowest BCUT2D eigenvalue weighted by Gasteiger charge is -2.31. The Hall–Kier alpha value is -0.610. The van der Waals surface area contributed by atoms with E-state index < -0.39 is 5.41 Å². The molecule has 0 aromatic carbocycles. The zero-order valence-corrected chi connectivity index (χ0v) is 8.99. The summed E-state index contributed by atoms with van der Waals surface area (Å²) in [5.41, 5.74) is 5.05. The minimum absolute atomic E-state index is 0.00771. The first-order chi connectivity index (χ1) is 6.53. The van der Waals surface area contributed by atoms with Crippen LogP contribution in [0.1, 0.15) is 26.7 Å². The fourth-order valence-electron chi connectivity index (χ4n) is 1.77. The van der Waals surface area contributed by atoms with Gasteiger partial charge in [-0.2, -0.15) is 0 Å². The minimum atomic E-state index is -0.502. The first-order valence-electron chi connectivity index (χ1n) is 5.15. The maximum atomic E-state index is 12.0. The second-order valence-electron chi connectivity index (χ2n) is 4.57. The van der Waals surface area contributed by atoms with Gasteiger partial charge in [-0.3, -0.25) is 4.79 Å². The molecule has 0 spiro atoms. The second kappa shape index (κ2) is 4.28. The maximum Gasteiger partial charge on any atom is 0.229 e. The van der Waals surface area contributed by atoms with Crippen molar-refractivity contribution in [3.05, 3.63) is 0 Å². The quantitative estimate of drug-likeness (QED) is 0.671. The number of rotatable bonds is 3. The topological polar surface area (TPSA) is 66.6 Å². The normalized spacial score (nSPS) is 22.9. The van der Waals surface area contributed by atoms with Gasteiger partial charge in [0.25, 0.3) is 0 Å². The summed E-state index contributed by atoms with van der Waals surface area (Å²) in [4.78, 5) is 13.8. The van der Waals surface area contributed by atoms with E-state index in [0.717, 1.165) is 19.4 Å². The average Bonchev–Trinajstić information content (AvgIpc) is 2.64. The zero-order chi connectivity index (χ0) is 10.8. The van der Waals surface area contributed by atoms with Crippen LogP contribution in [0.15, 0.2) is 0 Å². The maximum absolute atomic E-state index is 12.0. The van der Waals surface area contributed by atoms with Crippen LogP contribution in [0.5, 0.6) is 0 Å². The van der Waals surface area contributed by atoms with E-state index in [2.05, 4.69) is 0 Å². The Morgan fingerprint density at radius 1 is 1.64 bits per heavy atom. The van der Waals surface area contributed by atoms with Gasteiger partial charge in [0.05, 0.1) is 18.1 Å². The van der Waals surface area contributed by atoms with Gasteiger partial charge in [-0.1, -0.05) is 0 Å². The van der Waals surface area contributed by atoms with E-state index >= 15 is 0 Å². The number of carbonyl (C=O) groups is 1. The Labute approximate surface area is 85.1 Å². The Morgan fingerprint density at radius 2 is 2.29 bits per heavy atom. The molecule has 1 heterocycles. The van der Waals surface area contributed by atoms with Crippen LogP contribution in [0.4, 0.5) is 0 Å². The van der Waals surface area contributed by atoms with Gasteiger partial charge >= 0.3 is 0 Å². The molecular weight excluding hydrogens is 180 g/mol. The number of aliphatic hydroxyl groups is 1. The largest absolute Gasteiger partial charge is 0.394 e. The number of aliphatic hydroxyl groups excluding tert-OH is 1. The molecule has 1 saturated heterocycles. The molecule has 1 fully saturated rings. The van der Waals surface area contributed by atoms with Crippen LogP contribution in [0.3, 0.4) is 0 Å². The van der Waals surface area contributed by atoms with E-state index in [1.807, 2.05) is 13.8 Å². The highest BCUT2D eigenvalue weighted by Gasteiger charge is 2.36. The van der Waals surface area contributed by atoms with Crippen molar-refractivity contribution in [3.63, 3.8) is 0 Å². The molecule has 1 atom stereocenters. The second-order valence-corrected chi connectivity index (χ2v) is 4.57. The van der Waals surface area contributed by atoms with Crippen LogP contribution in [0.25, 0.3) is 0 Å². The van der Waals surface area contributed by atoms with Crippen LogP contribution in [-0.2, 0) is 4.79 Å². The van der Waals surface area contributed by atoms with Crippen LogP contribution < -0.4 is 5.73 Å². The van der Waals surface area contributed by atoms with Crippen LogP contribution >= 0.6 is 0 Å². The third kappa shape index (κ3) is 2.07. The molecule has 3 N–H and O–H groups in total. The predicted octanol–water partition coefficient (Wildman–Crippen LogP) is -0.0454. The Morgan fingerprint density at radius 3 is 2.79 bits per heavy atom. The van der Waals surface area contributed by atoms with Crippen molar-refractivity contribution in [3.8, 4) is 0 Å². The first kappa shape index (κ1) is 11.5. The van der Waals surface area contributed by atoms with Crippen molar-refractivity contribution >= 4 is 5.91 Å². The van der Waals surface area contributed by atoms with Crippen LogP contribution in [0.2, 0.25) is 0 Å². The molecule has 4 heteroatoms. The molecule has 0 saturated carbocycles. The van der Waals surface area contributed by atoms with Crippen molar-refractivity contribution in [2.24, 2.45) is 11.1 Å². The van der Waals surface area contributed by atoms with E-state index in [1.165, 1.54) is 0 Å². The number of carbonyl (C=O) groups excluding carboxylic acids is 1. The standard InChI is InChI=1S/C10H20N2O2/c1-10(2,7-11)9(14)12-5-3-4-8(12)6-13/h8,13H,3-7,11H2,1-2H3/t8-/m1/s1. The van der Waals surface area contributed by atoms with E-state index in [9.17, 15) is 4.79 Å².